The normalized spacial score (nSPS) is 16.9. The summed E-state index contributed by atoms with van der Waals surface area (Å²) in [6.45, 7) is 0. The molecule has 0 saturated heterocycles. The van der Waals surface area contributed by atoms with Gasteiger partial charge in [0.05, 0.1) is 11.1 Å². The van der Waals surface area contributed by atoms with Gasteiger partial charge >= 0.3 is 0 Å². The van der Waals surface area contributed by atoms with Gasteiger partial charge in [-0.05, 0) is 62.5 Å². The molecule has 10 N–H and O–H groups in total. The van der Waals surface area contributed by atoms with E-state index in [0.717, 1.165) is 27.3 Å². The molecule has 0 saturated carbocycles. The van der Waals surface area contributed by atoms with Gasteiger partial charge in [0.15, 0.2) is 23.0 Å². The van der Waals surface area contributed by atoms with Crippen LogP contribution in [-0.4, -0.2) is 63.3 Å². The van der Waals surface area contributed by atoms with Crippen molar-refractivity contribution in [3.8, 4) is 51.0 Å². The Hall–Kier alpha value is -6.56. The zero-order chi connectivity index (χ0) is 34.5. The molecule has 1 aliphatic carbocycles. The molecule has 0 aliphatic heterocycles. The van der Waals surface area contributed by atoms with Crippen LogP contribution in [0.15, 0.2) is 107 Å². The highest BCUT2D eigenvalue weighted by Crippen LogP contribution is 2.55. The van der Waals surface area contributed by atoms with Crippen molar-refractivity contribution in [3.63, 3.8) is 0 Å². The Balaban J connectivity index is 1.37. The lowest BCUT2D eigenvalue weighted by atomic mass is 9.82. The number of furan rings is 1. The highest BCUT2D eigenvalue weighted by Gasteiger charge is 2.38. The van der Waals surface area contributed by atoms with Gasteiger partial charge in [-0.3, -0.25) is 0 Å². The fraction of sp³-hybridized carbons (Fsp3) is 0.0526. The fourth-order valence-electron chi connectivity index (χ4n) is 6.84. The molecule has 0 radical (unpaired) electrons. The summed E-state index contributed by atoms with van der Waals surface area (Å²) >= 11 is 0. The van der Waals surface area contributed by atoms with E-state index in [2.05, 4.69) is 0 Å². The summed E-state index contributed by atoms with van der Waals surface area (Å²) in [7, 11) is 0. The van der Waals surface area contributed by atoms with Crippen molar-refractivity contribution in [1.82, 2.24) is 0 Å². The first-order chi connectivity index (χ1) is 23.5. The van der Waals surface area contributed by atoms with E-state index in [1.54, 1.807) is 42.5 Å². The van der Waals surface area contributed by atoms with E-state index in [9.17, 15) is 51.1 Å². The summed E-state index contributed by atoms with van der Waals surface area (Å²) in [5, 5.41) is 108. The van der Waals surface area contributed by atoms with Crippen LogP contribution in [0.25, 0.3) is 71.3 Å². The van der Waals surface area contributed by atoms with E-state index in [4.69, 9.17) is 4.42 Å². The third kappa shape index (κ3) is 4.10. The van der Waals surface area contributed by atoms with Crippen LogP contribution in [0.5, 0.6) is 28.7 Å². The largest absolute Gasteiger partial charge is 0.509 e. The van der Waals surface area contributed by atoms with E-state index in [1.807, 2.05) is 36.4 Å². The van der Waals surface area contributed by atoms with Crippen molar-refractivity contribution in [3.05, 3.63) is 108 Å². The van der Waals surface area contributed by atoms with Crippen molar-refractivity contribution >= 4 is 49.1 Å². The van der Waals surface area contributed by atoms with Gasteiger partial charge in [0.1, 0.15) is 29.1 Å². The molecule has 8 rings (SSSR count). The summed E-state index contributed by atoms with van der Waals surface area (Å²) in [5.41, 5.74) is 2.50. The van der Waals surface area contributed by atoms with Gasteiger partial charge in [0, 0.05) is 16.3 Å². The highest BCUT2D eigenvalue weighted by molar-refractivity contribution is 6.21. The number of benzene rings is 6. The maximum atomic E-state index is 11.0. The molecule has 6 aromatic carbocycles. The molecular weight excluding hydrogens is 632 g/mol. The van der Waals surface area contributed by atoms with Crippen molar-refractivity contribution in [2.45, 2.75) is 12.2 Å². The SMILES string of the molecule is OC1=C(O)C(O)C(O)C(O)=C1c1c2ccccc2c(-c2ccc3oc4cc(-c5c(O)c(O)c(O)c(O)c5O)ccc4c3c2)c2ccccc12. The summed E-state index contributed by atoms with van der Waals surface area (Å²) in [4.78, 5) is 0. The van der Waals surface area contributed by atoms with Crippen molar-refractivity contribution in [1.29, 1.82) is 0 Å². The second-order valence-corrected chi connectivity index (χ2v) is 11.9. The molecule has 1 aliphatic rings. The number of rotatable bonds is 3. The van der Waals surface area contributed by atoms with Crippen LogP contribution in [0, 0.1) is 0 Å². The molecule has 2 unspecified atom stereocenters. The predicted molar refractivity (Wildman–Crippen MR) is 182 cm³/mol. The van der Waals surface area contributed by atoms with Crippen LogP contribution in [-0.2, 0) is 0 Å². The van der Waals surface area contributed by atoms with Gasteiger partial charge in [-0.2, -0.15) is 0 Å². The molecule has 2 atom stereocenters. The van der Waals surface area contributed by atoms with Crippen LogP contribution >= 0.6 is 0 Å². The first kappa shape index (κ1) is 29.8. The Kier molecular flexibility index (Phi) is 6.37. The van der Waals surface area contributed by atoms with Gasteiger partial charge in [-0.25, -0.2) is 0 Å². The number of aliphatic hydroxyl groups is 5. The molecular formula is C38H26O11. The Labute approximate surface area is 275 Å². The molecule has 1 aromatic heterocycles. The quantitative estimate of drug-likeness (QED) is 0.0525. The van der Waals surface area contributed by atoms with E-state index in [0.29, 0.717) is 32.9 Å². The van der Waals surface area contributed by atoms with Crippen molar-refractivity contribution < 1.29 is 55.5 Å². The maximum Gasteiger partial charge on any atom is 0.208 e. The van der Waals surface area contributed by atoms with E-state index in [1.165, 1.54) is 6.07 Å². The number of fused-ring (bicyclic) bond motifs is 5. The number of aliphatic hydroxyl groups excluding tert-OH is 5. The molecule has 1 heterocycles. The number of aromatic hydroxyl groups is 5. The molecule has 7 aromatic rings. The van der Waals surface area contributed by atoms with Gasteiger partial charge in [-0.15, -0.1) is 0 Å². The number of hydrogen-bond donors (Lipinski definition) is 10. The molecule has 49 heavy (non-hydrogen) atoms. The van der Waals surface area contributed by atoms with Crippen LogP contribution in [0.4, 0.5) is 0 Å². The van der Waals surface area contributed by atoms with Crippen LogP contribution in [0.3, 0.4) is 0 Å². The third-order valence-corrected chi connectivity index (χ3v) is 9.20. The average Bonchev–Trinajstić information content (AvgIpc) is 3.48. The molecule has 0 fully saturated rings. The number of phenolic OH excluding ortho intramolecular Hbond substituents is 5. The lowest BCUT2D eigenvalue weighted by Gasteiger charge is -2.27. The number of allylic oxidation sites excluding steroid dienone is 1. The summed E-state index contributed by atoms with van der Waals surface area (Å²) in [6, 6.07) is 24.9. The van der Waals surface area contributed by atoms with Crippen molar-refractivity contribution in [2.24, 2.45) is 0 Å². The Bertz CT molecular complexity index is 2540. The average molecular weight is 659 g/mol. The Morgan fingerprint density at radius 1 is 0.408 bits per heavy atom. The molecule has 0 bridgehead atoms. The van der Waals surface area contributed by atoms with Gasteiger partial charge in [0.2, 0.25) is 17.2 Å². The lowest BCUT2D eigenvalue weighted by Crippen LogP contribution is -2.34. The topological polar surface area (TPSA) is 215 Å². The summed E-state index contributed by atoms with van der Waals surface area (Å²) in [6.07, 6.45) is -3.76. The maximum absolute atomic E-state index is 11.0. The van der Waals surface area contributed by atoms with E-state index in [-0.39, 0.29) is 16.7 Å². The molecule has 11 heteroatoms. The zero-order valence-electron chi connectivity index (χ0n) is 25.1. The Morgan fingerprint density at radius 2 is 0.898 bits per heavy atom. The number of phenols is 5. The minimum atomic E-state index is -1.90. The van der Waals surface area contributed by atoms with Crippen LogP contribution < -0.4 is 0 Å². The first-order valence-electron chi connectivity index (χ1n) is 15.0. The Morgan fingerprint density at radius 3 is 1.49 bits per heavy atom. The van der Waals surface area contributed by atoms with E-state index >= 15 is 0 Å². The van der Waals surface area contributed by atoms with Crippen LogP contribution in [0.2, 0.25) is 0 Å². The zero-order valence-corrected chi connectivity index (χ0v) is 25.1. The molecule has 11 nitrogen and oxygen atoms in total. The van der Waals surface area contributed by atoms with Crippen LogP contribution in [0.1, 0.15) is 5.56 Å². The second-order valence-electron chi connectivity index (χ2n) is 11.9. The van der Waals surface area contributed by atoms with Gasteiger partial charge in [0.25, 0.3) is 0 Å². The van der Waals surface area contributed by atoms with Gasteiger partial charge < -0.3 is 55.5 Å². The third-order valence-electron chi connectivity index (χ3n) is 9.20. The van der Waals surface area contributed by atoms with Gasteiger partial charge in [-0.1, -0.05) is 60.7 Å². The fourth-order valence-corrected chi connectivity index (χ4v) is 6.84. The molecule has 0 amide bonds. The standard InChI is InChI=1S/C38H26O11/c39-29-26(30(40)34(44)37(47)33(29)43)16-9-11-17-22-13-15(10-12-23(22)49-24(17)14-16)25-18-5-1-3-7-20(18)27(21-8-4-2-6-19(21)25)28-31(41)35(45)38(48)36(46)32(28)42/h1-14,35,38-48H. The monoisotopic (exact) mass is 658 g/mol. The second kappa shape index (κ2) is 10.5. The highest BCUT2D eigenvalue weighted by atomic mass is 16.4. The minimum Gasteiger partial charge on any atom is -0.509 e. The predicted octanol–water partition coefficient (Wildman–Crippen LogP) is 7.09. The smallest absolute Gasteiger partial charge is 0.208 e. The number of hydrogen-bond acceptors (Lipinski definition) is 11. The lowest BCUT2D eigenvalue weighted by molar-refractivity contribution is 0.00949. The molecule has 244 valence electrons. The minimum absolute atomic E-state index is 0.196. The van der Waals surface area contributed by atoms with Crippen molar-refractivity contribution in [2.75, 3.05) is 0 Å². The first-order valence-corrected chi connectivity index (χ1v) is 15.0. The van der Waals surface area contributed by atoms with E-state index < -0.39 is 58.2 Å². The molecule has 0 spiro atoms. The summed E-state index contributed by atoms with van der Waals surface area (Å²) < 4.78 is 6.12. The summed E-state index contributed by atoms with van der Waals surface area (Å²) in [5.74, 6) is -6.97.